The van der Waals surface area contributed by atoms with Crippen LogP contribution in [0.15, 0.2) is 30.3 Å². The molecule has 4 nitrogen and oxygen atoms in total. The Morgan fingerprint density at radius 2 is 1.89 bits per heavy atom. The number of hydrogen-bond donors (Lipinski definition) is 1. The van der Waals surface area contributed by atoms with Gasteiger partial charge in [0.15, 0.2) is 5.78 Å². The fraction of sp³-hybridized carbons (Fsp3) is 0.429. The summed E-state index contributed by atoms with van der Waals surface area (Å²) in [7, 11) is 0. The quantitative estimate of drug-likeness (QED) is 0.791. The number of aliphatic carboxylic acids is 1. The molecule has 1 aromatic rings. The highest BCUT2D eigenvalue weighted by Crippen LogP contribution is 2.36. The molecule has 2 atom stereocenters. The van der Waals surface area contributed by atoms with Gasteiger partial charge in [0, 0.05) is 17.5 Å². The fourth-order valence-electron chi connectivity index (χ4n) is 2.58. The van der Waals surface area contributed by atoms with Crippen LogP contribution < -0.4 is 5.11 Å². The molecule has 0 bridgehead atoms. The molecule has 96 valence electrons. The van der Waals surface area contributed by atoms with Crippen molar-refractivity contribution >= 4 is 11.8 Å². The molecule has 1 saturated carbocycles. The van der Waals surface area contributed by atoms with Gasteiger partial charge < -0.3 is 15.0 Å². The van der Waals surface area contributed by atoms with E-state index in [-0.39, 0.29) is 12.8 Å². The highest BCUT2D eigenvalue weighted by atomic mass is 16.4. The van der Waals surface area contributed by atoms with Gasteiger partial charge in [0.05, 0.1) is 0 Å². The second kappa shape index (κ2) is 4.90. The maximum absolute atomic E-state index is 12.3. The van der Waals surface area contributed by atoms with Crippen LogP contribution in [0.4, 0.5) is 0 Å². The predicted molar refractivity (Wildman–Crippen MR) is 62.7 cm³/mol. The van der Waals surface area contributed by atoms with Crippen molar-refractivity contribution in [2.45, 2.75) is 31.3 Å². The van der Waals surface area contributed by atoms with E-state index in [1.54, 1.807) is 30.3 Å². The summed E-state index contributed by atoms with van der Waals surface area (Å²) in [5, 5.41) is 21.5. The summed E-state index contributed by atoms with van der Waals surface area (Å²) in [4.78, 5) is 23.4. The van der Waals surface area contributed by atoms with Gasteiger partial charge in [-0.2, -0.15) is 0 Å². The van der Waals surface area contributed by atoms with E-state index in [9.17, 15) is 19.8 Å². The molecule has 0 radical (unpaired) electrons. The first-order valence-electron chi connectivity index (χ1n) is 6.09. The molecule has 1 aliphatic carbocycles. The number of carbonyl (C=O) groups excluding carboxylic acids is 2. The second-order valence-corrected chi connectivity index (χ2v) is 4.74. The molecule has 18 heavy (non-hydrogen) atoms. The first-order valence-corrected chi connectivity index (χ1v) is 6.09. The highest BCUT2D eigenvalue weighted by Gasteiger charge is 2.46. The number of carboxylic acid groups (broad SMARTS) is 1. The van der Waals surface area contributed by atoms with Crippen LogP contribution in [0.2, 0.25) is 0 Å². The van der Waals surface area contributed by atoms with E-state index in [0.29, 0.717) is 18.4 Å². The van der Waals surface area contributed by atoms with Gasteiger partial charge in [-0.05, 0) is 12.8 Å². The maximum atomic E-state index is 12.3. The Balaban J connectivity index is 2.33. The lowest BCUT2D eigenvalue weighted by molar-refractivity contribution is -0.317. The van der Waals surface area contributed by atoms with Gasteiger partial charge in [0.25, 0.3) is 0 Å². The third-order valence-electron chi connectivity index (χ3n) is 3.59. The third kappa shape index (κ3) is 2.16. The summed E-state index contributed by atoms with van der Waals surface area (Å²) < 4.78 is 0. The summed E-state index contributed by atoms with van der Waals surface area (Å²) in [6, 6.07) is 8.31. The van der Waals surface area contributed by atoms with E-state index in [0.717, 1.165) is 0 Å². The Hall–Kier alpha value is -1.68. The first kappa shape index (κ1) is 12.8. The predicted octanol–water partition coefficient (Wildman–Crippen LogP) is 0.540. The van der Waals surface area contributed by atoms with Gasteiger partial charge in [-0.3, -0.25) is 4.79 Å². The van der Waals surface area contributed by atoms with Gasteiger partial charge in [-0.15, -0.1) is 0 Å². The van der Waals surface area contributed by atoms with Crippen molar-refractivity contribution in [1.82, 2.24) is 0 Å². The van der Waals surface area contributed by atoms with Crippen molar-refractivity contribution in [3.05, 3.63) is 35.9 Å². The SMILES string of the molecule is O=C([O-])C1CCCCC1(O)C(=O)c1ccccc1. The van der Waals surface area contributed by atoms with Crippen LogP contribution in [0.5, 0.6) is 0 Å². The van der Waals surface area contributed by atoms with Crippen LogP contribution in [0.1, 0.15) is 36.0 Å². The first-order chi connectivity index (χ1) is 8.55. The molecule has 1 aliphatic rings. The van der Waals surface area contributed by atoms with Crippen molar-refractivity contribution in [3.63, 3.8) is 0 Å². The maximum Gasteiger partial charge on any atom is 0.195 e. The summed E-state index contributed by atoms with van der Waals surface area (Å²) in [6.45, 7) is 0. The van der Waals surface area contributed by atoms with E-state index < -0.39 is 23.3 Å². The second-order valence-electron chi connectivity index (χ2n) is 4.74. The highest BCUT2D eigenvalue weighted by molar-refractivity contribution is 6.04. The Morgan fingerprint density at radius 1 is 1.22 bits per heavy atom. The van der Waals surface area contributed by atoms with E-state index in [1.165, 1.54) is 0 Å². The molecule has 0 spiro atoms. The Labute approximate surface area is 105 Å². The smallest absolute Gasteiger partial charge is 0.195 e. The van der Waals surface area contributed by atoms with E-state index in [4.69, 9.17) is 0 Å². The normalized spacial score (nSPS) is 27.7. The molecule has 1 fully saturated rings. The Morgan fingerprint density at radius 3 is 2.50 bits per heavy atom. The van der Waals surface area contributed by atoms with Crippen molar-refractivity contribution in [2.75, 3.05) is 0 Å². The average Bonchev–Trinajstić information content (AvgIpc) is 2.39. The minimum Gasteiger partial charge on any atom is -0.550 e. The van der Waals surface area contributed by atoms with Crippen LogP contribution in [-0.4, -0.2) is 22.5 Å². The van der Waals surface area contributed by atoms with Gasteiger partial charge in [-0.1, -0.05) is 43.2 Å². The van der Waals surface area contributed by atoms with Crippen LogP contribution in [0.25, 0.3) is 0 Å². The molecule has 0 amide bonds. The average molecular weight is 247 g/mol. The standard InChI is InChI=1S/C14H16O4/c15-12(10-6-2-1-3-7-10)14(18)9-5-4-8-11(14)13(16)17/h1-3,6-7,11,18H,4-5,8-9H2,(H,16,17)/p-1. The zero-order valence-electron chi connectivity index (χ0n) is 9.96. The van der Waals surface area contributed by atoms with Gasteiger partial charge >= 0.3 is 0 Å². The molecule has 1 aromatic carbocycles. The number of ketones is 1. The molecule has 2 rings (SSSR count). The Bertz CT molecular complexity index is 454. The molecule has 1 N–H and O–H groups in total. The van der Waals surface area contributed by atoms with Crippen LogP contribution in [0.3, 0.4) is 0 Å². The molecule has 0 saturated heterocycles. The van der Waals surface area contributed by atoms with Crippen molar-refractivity contribution in [1.29, 1.82) is 0 Å². The number of aliphatic hydroxyl groups is 1. The fourth-order valence-corrected chi connectivity index (χ4v) is 2.58. The minimum absolute atomic E-state index is 0.180. The van der Waals surface area contributed by atoms with E-state index in [2.05, 4.69) is 0 Å². The number of carbonyl (C=O) groups is 2. The molecule has 0 heterocycles. The summed E-state index contributed by atoms with van der Waals surface area (Å²) >= 11 is 0. The third-order valence-corrected chi connectivity index (χ3v) is 3.59. The van der Waals surface area contributed by atoms with Gasteiger partial charge in [0.2, 0.25) is 0 Å². The molecule has 0 aromatic heterocycles. The van der Waals surface area contributed by atoms with Gasteiger partial charge in [-0.25, -0.2) is 0 Å². The lowest BCUT2D eigenvalue weighted by Gasteiger charge is -2.39. The summed E-state index contributed by atoms with van der Waals surface area (Å²) in [5.41, 5.74) is -1.48. The monoisotopic (exact) mass is 247 g/mol. The van der Waals surface area contributed by atoms with Crippen molar-refractivity contribution in [3.8, 4) is 0 Å². The summed E-state index contributed by atoms with van der Waals surface area (Å²) in [5.74, 6) is -2.97. The number of Topliss-reactive ketones (excluding diaryl/α,β-unsaturated/α-hetero) is 1. The lowest BCUT2D eigenvalue weighted by atomic mass is 9.71. The largest absolute Gasteiger partial charge is 0.550 e. The minimum atomic E-state index is -1.82. The van der Waals surface area contributed by atoms with Crippen LogP contribution >= 0.6 is 0 Å². The van der Waals surface area contributed by atoms with Gasteiger partial charge in [0.1, 0.15) is 5.60 Å². The zero-order chi connectivity index (χ0) is 13.2. The topological polar surface area (TPSA) is 77.4 Å². The molecule has 2 unspecified atom stereocenters. The molecular formula is C14H15O4-. The van der Waals surface area contributed by atoms with E-state index >= 15 is 0 Å². The molecule has 0 aliphatic heterocycles. The van der Waals surface area contributed by atoms with Crippen molar-refractivity contribution < 1.29 is 19.8 Å². The van der Waals surface area contributed by atoms with E-state index in [1.807, 2.05) is 0 Å². The van der Waals surface area contributed by atoms with Crippen molar-refractivity contribution in [2.24, 2.45) is 5.92 Å². The number of carboxylic acids is 1. The van der Waals surface area contributed by atoms with Crippen LogP contribution in [0, 0.1) is 5.92 Å². The number of benzene rings is 1. The summed E-state index contributed by atoms with van der Waals surface area (Å²) in [6.07, 6.45) is 1.82. The molecule has 4 heteroatoms. The lowest BCUT2D eigenvalue weighted by Crippen LogP contribution is -2.54. The number of rotatable bonds is 3. The molecular weight excluding hydrogens is 232 g/mol. The number of hydrogen-bond acceptors (Lipinski definition) is 4. The Kier molecular flexibility index (Phi) is 3.48. The zero-order valence-corrected chi connectivity index (χ0v) is 9.96. The van der Waals surface area contributed by atoms with Crippen LogP contribution in [-0.2, 0) is 4.79 Å².